The van der Waals surface area contributed by atoms with Crippen molar-refractivity contribution in [3.63, 3.8) is 0 Å². The van der Waals surface area contributed by atoms with E-state index in [1.807, 2.05) is 0 Å². The summed E-state index contributed by atoms with van der Waals surface area (Å²) in [4.78, 5) is 15.5. The zero-order chi connectivity index (χ0) is 21.3. The van der Waals surface area contributed by atoms with Crippen molar-refractivity contribution in [2.24, 2.45) is 0 Å². The highest BCUT2D eigenvalue weighted by Gasteiger charge is 2.36. The second kappa shape index (κ2) is 7.51. The van der Waals surface area contributed by atoms with Crippen LogP contribution in [0.4, 0.5) is 27.6 Å². The first kappa shape index (κ1) is 20.3. The number of pyridine rings is 1. The highest BCUT2D eigenvalue weighted by atomic mass is 19.4. The van der Waals surface area contributed by atoms with Crippen LogP contribution in [0.5, 0.6) is 0 Å². The Bertz CT molecular complexity index is 1190. The van der Waals surface area contributed by atoms with Gasteiger partial charge >= 0.3 is 6.18 Å². The van der Waals surface area contributed by atoms with Crippen LogP contribution in [0.15, 0.2) is 53.3 Å². The predicted octanol–water partition coefficient (Wildman–Crippen LogP) is 5.72. The summed E-state index contributed by atoms with van der Waals surface area (Å²) in [6.07, 6.45) is -4.93. The van der Waals surface area contributed by atoms with E-state index in [9.17, 15) is 26.7 Å². The lowest BCUT2D eigenvalue weighted by molar-refractivity contribution is -0.136. The molecule has 0 aliphatic rings. The van der Waals surface area contributed by atoms with Crippen molar-refractivity contribution < 1.29 is 22.0 Å². The average Bonchev–Trinajstić information content (AvgIpc) is 2.65. The van der Waals surface area contributed by atoms with E-state index in [2.05, 4.69) is 4.85 Å². The van der Waals surface area contributed by atoms with Gasteiger partial charge in [0, 0.05) is 11.3 Å². The van der Waals surface area contributed by atoms with Crippen LogP contribution >= 0.6 is 0 Å². The van der Waals surface area contributed by atoms with Gasteiger partial charge in [-0.05, 0) is 42.8 Å². The molecule has 3 nitrogen and oxygen atoms in total. The summed E-state index contributed by atoms with van der Waals surface area (Å²) < 4.78 is 68.9. The highest BCUT2D eigenvalue weighted by Crippen LogP contribution is 2.37. The Morgan fingerprint density at radius 1 is 1.07 bits per heavy atom. The van der Waals surface area contributed by atoms with Gasteiger partial charge in [0.1, 0.15) is 11.6 Å². The fourth-order valence-electron chi connectivity index (χ4n) is 2.99. The van der Waals surface area contributed by atoms with Gasteiger partial charge in [-0.1, -0.05) is 23.8 Å². The summed E-state index contributed by atoms with van der Waals surface area (Å²) in [5, 5.41) is 0. The molecule has 29 heavy (non-hydrogen) atoms. The molecule has 0 radical (unpaired) electrons. The van der Waals surface area contributed by atoms with Crippen molar-refractivity contribution in [1.29, 1.82) is 0 Å². The molecule has 8 heteroatoms. The Hall–Kier alpha value is -3.47. The van der Waals surface area contributed by atoms with E-state index in [4.69, 9.17) is 6.57 Å². The standard InChI is InChI=1S/C21H13F5N2O/c1-12-4-3-5-13(8-12)18-10-16(21(24,25)26)19(27-2)20(29)28(18)11-14-9-15(22)6-7-17(14)23/h3-10H,11H2,1H3. The number of halogens is 5. The summed E-state index contributed by atoms with van der Waals surface area (Å²) in [6, 6.07) is 9.68. The third-order valence-electron chi connectivity index (χ3n) is 4.34. The van der Waals surface area contributed by atoms with Gasteiger partial charge in [0.05, 0.1) is 18.7 Å². The number of rotatable bonds is 3. The molecule has 148 valence electrons. The molecule has 0 aliphatic carbocycles. The first-order valence-corrected chi connectivity index (χ1v) is 8.35. The molecule has 0 N–H and O–H groups in total. The predicted molar refractivity (Wildman–Crippen MR) is 97.6 cm³/mol. The summed E-state index contributed by atoms with van der Waals surface area (Å²) >= 11 is 0. The molecule has 0 unspecified atom stereocenters. The minimum atomic E-state index is -4.93. The quantitative estimate of drug-likeness (QED) is 0.405. The van der Waals surface area contributed by atoms with Gasteiger partial charge in [-0.2, -0.15) is 13.2 Å². The minimum Gasteiger partial charge on any atom is -0.313 e. The van der Waals surface area contributed by atoms with Crippen molar-refractivity contribution in [2.75, 3.05) is 0 Å². The molecule has 0 saturated carbocycles. The van der Waals surface area contributed by atoms with Gasteiger partial charge in [-0.3, -0.25) is 4.79 Å². The monoisotopic (exact) mass is 404 g/mol. The van der Waals surface area contributed by atoms with Gasteiger partial charge in [-0.15, -0.1) is 0 Å². The van der Waals surface area contributed by atoms with Crippen LogP contribution < -0.4 is 5.56 Å². The smallest absolute Gasteiger partial charge is 0.313 e. The van der Waals surface area contributed by atoms with E-state index < -0.39 is 41.2 Å². The lowest BCUT2D eigenvalue weighted by atomic mass is 10.0. The molecule has 0 bridgehead atoms. The summed E-state index contributed by atoms with van der Waals surface area (Å²) in [7, 11) is 0. The van der Waals surface area contributed by atoms with Gasteiger partial charge in [0.15, 0.2) is 0 Å². The molecule has 0 atom stereocenters. The largest absolute Gasteiger partial charge is 0.407 e. The first-order valence-electron chi connectivity index (χ1n) is 8.35. The third kappa shape index (κ3) is 4.04. The van der Waals surface area contributed by atoms with Gasteiger partial charge in [0.2, 0.25) is 0 Å². The molecule has 0 aliphatic heterocycles. The van der Waals surface area contributed by atoms with Crippen LogP contribution in [0, 0.1) is 25.1 Å². The summed E-state index contributed by atoms with van der Waals surface area (Å²) in [6.45, 7) is 8.23. The second-order valence-electron chi connectivity index (χ2n) is 6.40. The molecule has 3 aromatic rings. The lowest BCUT2D eigenvalue weighted by Gasteiger charge is -2.18. The normalized spacial score (nSPS) is 11.3. The summed E-state index contributed by atoms with van der Waals surface area (Å²) in [5.74, 6) is -1.58. The van der Waals surface area contributed by atoms with Crippen LogP contribution in [0.1, 0.15) is 16.7 Å². The van der Waals surface area contributed by atoms with Crippen molar-refractivity contribution in [2.45, 2.75) is 19.6 Å². The van der Waals surface area contributed by atoms with Gasteiger partial charge in [-0.25, -0.2) is 13.6 Å². The number of aromatic nitrogens is 1. The Morgan fingerprint density at radius 3 is 2.41 bits per heavy atom. The van der Waals surface area contributed by atoms with E-state index in [0.717, 1.165) is 28.3 Å². The molecule has 0 amide bonds. The molecular weight excluding hydrogens is 391 g/mol. The number of hydrogen-bond acceptors (Lipinski definition) is 1. The molecule has 3 rings (SSSR count). The molecule has 0 fully saturated rings. The van der Waals surface area contributed by atoms with E-state index in [-0.39, 0.29) is 16.8 Å². The second-order valence-corrected chi connectivity index (χ2v) is 6.40. The molecule has 1 aromatic heterocycles. The van der Waals surface area contributed by atoms with Crippen molar-refractivity contribution in [3.05, 3.63) is 98.6 Å². The molecular formula is C21H13F5N2O. The first-order chi connectivity index (χ1) is 13.6. The topological polar surface area (TPSA) is 26.4 Å². The van der Waals surface area contributed by atoms with Crippen LogP contribution in [-0.4, -0.2) is 4.57 Å². The SMILES string of the molecule is [C-]#[N+]c1c(C(F)(F)F)cc(-c2cccc(C)c2)n(Cc2cc(F)ccc2F)c1=O. The molecule has 1 heterocycles. The Morgan fingerprint density at radius 2 is 1.79 bits per heavy atom. The van der Waals surface area contributed by atoms with E-state index in [0.29, 0.717) is 6.07 Å². The van der Waals surface area contributed by atoms with Gasteiger partial charge in [0.25, 0.3) is 11.2 Å². The Labute approximate surface area is 162 Å². The van der Waals surface area contributed by atoms with Crippen LogP contribution in [-0.2, 0) is 12.7 Å². The zero-order valence-electron chi connectivity index (χ0n) is 15.0. The maximum Gasteiger partial charge on any atom is 0.407 e. The van der Waals surface area contributed by atoms with Crippen LogP contribution in [0.2, 0.25) is 0 Å². The average molecular weight is 404 g/mol. The molecule has 0 spiro atoms. The third-order valence-corrected chi connectivity index (χ3v) is 4.34. The van der Waals surface area contributed by atoms with Gasteiger partial charge < -0.3 is 4.57 Å². The molecule has 2 aromatic carbocycles. The highest BCUT2D eigenvalue weighted by molar-refractivity contribution is 5.66. The fraction of sp³-hybridized carbons (Fsp3) is 0.143. The van der Waals surface area contributed by atoms with Crippen molar-refractivity contribution in [1.82, 2.24) is 4.57 Å². The number of benzene rings is 2. The van der Waals surface area contributed by atoms with Crippen LogP contribution in [0.3, 0.4) is 0 Å². The van der Waals surface area contributed by atoms with E-state index in [1.165, 1.54) is 6.07 Å². The molecule has 0 saturated heterocycles. The maximum atomic E-state index is 14.1. The van der Waals surface area contributed by atoms with E-state index >= 15 is 0 Å². The van der Waals surface area contributed by atoms with E-state index in [1.54, 1.807) is 25.1 Å². The lowest BCUT2D eigenvalue weighted by Crippen LogP contribution is -2.25. The minimum absolute atomic E-state index is 0.151. The number of nitrogens with zero attached hydrogens (tertiary/aromatic N) is 2. The van der Waals surface area contributed by atoms with Crippen molar-refractivity contribution >= 4 is 5.69 Å². The Kier molecular flexibility index (Phi) is 5.25. The van der Waals surface area contributed by atoms with Crippen LogP contribution in [0.25, 0.3) is 16.1 Å². The Balaban J connectivity index is 2.35. The zero-order valence-corrected chi connectivity index (χ0v) is 15.0. The maximum absolute atomic E-state index is 14.1. The van der Waals surface area contributed by atoms with Crippen molar-refractivity contribution in [3.8, 4) is 11.3 Å². The number of alkyl halides is 3. The number of hydrogen-bond donors (Lipinski definition) is 0. The fourth-order valence-corrected chi connectivity index (χ4v) is 2.99. The summed E-state index contributed by atoms with van der Waals surface area (Å²) in [5.41, 5.74) is -3.09. The number of aryl methyl sites for hydroxylation is 1.